The lowest BCUT2D eigenvalue weighted by atomic mass is 10.0. The van der Waals surface area contributed by atoms with Gasteiger partial charge in [-0.3, -0.25) is 4.79 Å². The third-order valence-corrected chi connectivity index (χ3v) is 2.67. The zero-order valence-electron chi connectivity index (χ0n) is 7.84. The van der Waals surface area contributed by atoms with E-state index in [4.69, 9.17) is 9.47 Å². The summed E-state index contributed by atoms with van der Waals surface area (Å²) >= 11 is 0. The normalized spacial score (nSPS) is 34.2. The molecule has 2 aliphatic heterocycles. The second-order valence-electron chi connectivity index (χ2n) is 3.89. The van der Waals surface area contributed by atoms with Crippen LogP contribution in [0, 0.1) is 0 Å². The van der Waals surface area contributed by atoms with Crippen molar-refractivity contribution in [2.75, 3.05) is 19.8 Å². The highest BCUT2D eigenvalue weighted by Gasteiger charge is 2.39. The van der Waals surface area contributed by atoms with E-state index in [1.807, 2.05) is 6.92 Å². The largest absolute Gasteiger partial charge is 0.377 e. The molecule has 0 aromatic rings. The van der Waals surface area contributed by atoms with Gasteiger partial charge in [0, 0.05) is 6.61 Å². The van der Waals surface area contributed by atoms with Gasteiger partial charge in [0.05, 0.1) is 19.3 Å². The van der Waals surface area contributed by atoms with E-state index in [0.717, 1.165) is 12.8 Å². The summed E-state index contributed by atoms with van der Waals surface area (Å²) in [5.41, 5.74) is -0.588. The van der Waals surface area contributed by atoms with Gasteiger partial charge in [0.15, 0.2) is 0 Å². The molecule has 13 heavy (non-hydrogen) atoms. The molecule has 1 N–H and O–H groups in total. The van der Waals surface area contributed by atoms with Crippen LogP contribution in [0.4, 0.5) is 0 Å². The molecule has 0 spiro atoms. The highest BCUT2D eigenvalue weighted by Crippen LogP contribution is 2.25. The van der Waals surface area contributed by atoms with E-state index >= 15 is 0 Å². The fraction of sp³-hybridized carbons (Fsp3) is 0.889. The molecular weight excluding hydrogens is 170 g/mol. The van der Waals surface area contributed by atoms with Crippen LogP contribution in [0.3, 0.4) is 0 Å². The van der Waals surface area contributed by atoms with Gasteiger partial charge >= 0.3 is 0 Å². The van der Waals surface area contributed by atoms with Crippen LogP contribution in [0.5, 0.6) is 0 Å². The number of hydrogen-bond donors (Lipinski definition) is 1. The van der Waals surface area contributed by atoms with Crippen molar-refractivity contribution in [2.24, 2.45) is 0 Å². The van der Waals surface area contributed by atoms with Crippen molar-refractivity contribution in [2.45, 2.75) is 31.4 Å². The Labute approximate surface area is 77.6 Å². The number of carbonyl (C=O) groups excluding carboxylic acids is 1. The third kappa shape index (κ3) is 1.69. The van der Waals surface area contributed by atoms with Gasteiger partial charge in [0.2, 0.25) is 0 Å². The van der Waals surface area contributed by atoms with Crippen molar-refractivity contribution in [3.63, 3.8) is 0 Å². The maximum absolute atomic E-state index is 11.7. The molecule has 2 fully saturated rings. The molecule has 0 radical (unpaired) electrons. The SMILES string of the molecule is CC1(C(=O)NC2COC2)CCCO1. The molecule has 1 amide bonds. The molecule has 2 rings (SSSR count). The number of amides is 1. The van der Waals surface area contributed by atoms with Crippen LogP contribution in [0.25, 0.3) is 0 Å². The summed E-state index contributed by atoms with van der Waals surface area (Å²) < 4.78 is 10.4. The molecule has 1 unspecified atom stereocenters. The second-order valence-corrected chi connectivity index (χ2v) is 3.89. The van der Waals surface area contributed by atoms with Gasteiger partial charge in [-0.1, -0.05) is 0 Å². The monoisotopic (exact) mass is 185 g/mol. The Morgan fingerprint density at radius 1 is 1.54 bits per heavy atom. The molecule has 0 aliphatic carbocycles. The van der Waals surface area contributed by atoms with Gasteiger partial charge in [0.25, 0.3) is 5.91 Å². The third-order valence-electron chi connectivity index (χ3n) is 2.67. The highest BCUT2D eigenvalue weighted by atomic mass is 16.5. The minimum absolute atomic E-state index is 0.0123. The fourth-order valence-corrected chi connectivity index (χ4v) is 1.62. The lowest BCUT2D eigenvalue weighted by Crippen LogP contribution is -2.54. The van der Waals surface area contributed by atoms with Crippen LogP contribution in [-0.2, 0) is 14.3 Å². The molecule has 0 aromatic heterocycles. The van der Waals surface area contributed by atoms with E-state index in [1.165, 1.54) is 0 Å². The molecule has 1 atom stereocenters. The number of hydrogen-bond acceptors (Lipinski definition) is 3. The quantitative estimate of drug-likeness (QED) is 0.662. The first-order valence-electron chi connectivity index (χ1n) is 4.73. The summed E-state index contributed by atoms with van der Waals surface area (Å²) in [4.78, 5) is 11.7. The highest BCUT2D eigenvalue weighted by molar-refractivity contribution is 5.85. The summed E-state index contributed by atoms with van der Waals surface area (Å²) in [6.45, 7) is 3.84. The molecule has 2 saturated heterocycles. The zero-order valence-corrected chi connectivity index (χ0v) is 7.84. The summed E-state index contributed by atoms with van der Waals surface area (Å²) in [7, 11) is 0. The van der Waals surface area contributed by atoms with E-state index < -0.39 is 5.60 Å². The standard InChI is InChI=1S/C9H15NO3/c1-9(3-2-4-13-9)8(11)10-7-5-12-6-7/h7H,2-6H2,1H3,(H,10,11). The second kappa shape index (κ2) is 3.27. The molecular formula is C9H15NO3. The van der Waals surface area contributed by atoms with Crippen LogP contribution < -0.4 is 5.32 Å². The van der Waals surface area contributed by atoms with E-state index in [1.54, 1.807) is 0 Å². The molecule has 4 nitrogen and oxygen atoms in total. The van der Waals surface area contributed by atoms with E-state index in [2.05, 4.69) is 5.32 Å². The molecule has 2 heterocycles. The Morgan fingerprint density at radius 2 is 2.31 bits per heavy atom. The van der Waals surface area contributed by atoms with Crippen LogP contribution in [0.2, 0.25) is 0 Å². The smallest absolute Gasteiger partial charge is 0.252 e. The Morgan fingerprint density at radius 3 is 2.77 bits per heavy atom. The van der Waals surface area contributed by atoms with Crippen molar-refractivity contribution >= 4 is 5.91 Å². The first kappa shape index (κ1) is 8.97. The Kier molecular flexibility index (Phi) is 2.26. The van der Waals surface area contributed by atoms with E-state index in [0.29, 0.717) is 19.8 Å². The van der Waals surface area contributed by atoms with Crippen molar-refractivity contribution in [3.05, 3.63) is 0 Å². The van der Waals surface area contributed by atoms with E-state index in [9.17, 15) is 4.79 Å². The van der Waals surface area contributed by atoms with Crippen LogP contribution >= 0.6 is 0 Å². The number of carbonyl (C=O) groups is 1. The minimum atomic E-state index is -0.588. The maximum Gasteiger partial charge on any atom is 0.252 e. The van der Waals surface area contributed by atoms with Gasteiger partial charge in [0.1, 0.15) is 5.60 Å². The minimum Gasteiger partial charge on any atom is -0.377 e. The maximum atomic E-state index is 11.7. The van der Waals surface area contributed by atoms with Gasteiger partial charge in [-0.25, -0.2) is 0 Å². The lowest BCUT2D eigenvalue weighted by Gasteiger charge is -2.31. The summed E-state index contributed by atoms with van der Waals surface area (Å²) in [6.07, 6.45) is 1.80. The van der Waals surface area contributed by atoms with Crippen molar-refractivity contribution < 1.29 is 14.3 Å². The summed E-state index contributed by atoms with van der Waals surface area (Å²) in [5.74, 6) is 0.0123. The molecule has 0 aromatic carbocycles. The van der Waals surface area contributed by atoms with Crippen LogP contribution in [-0.4, -0.2) is 37.4 Å². The van der Waals surface area contributed by atoms with Crippen molar-refractivity contribution in [1.29, 1.82) is 0 Å². The zero-order chi connectivity index (χ0) is 9.31. The van der Waals surface area contributed by atoms with Gasteiger partial charge in [-0.05, 0) is 19.8 Å². The average Bonchev–Trinajstić information content (AvgIpc) is 2.45. The Hall–Kier alpha value is -0.610. The van der Waals surface area contributed by atoms with Gasteiger partial charge < -0.3 is 14.8 Å². The average molecular weight is 185 g/mol. The van der Waals surface area contributed by atoms with Crippen molar-refractivity contribution in [3.8, 4) is 0 Å². The first-order valence-corrected chi connectivity index (χ1v) is 4.73. The van der Waals surface area contributed by atoms with Gasteiger partial charge in [-0.15, -0.1) is 0 Å². The predicted octanol–water partition coefficient (Wildman–Crippen LogP) is 0.0705. The molecule has 2 aliphatic rings. The number of rotatable bonds is 2. The molecule has 74 valence electrons. The van der Waals surface area contributed by atoms with E-state index in [-0.39, 0.29) is 11.9 Å². The number of ether oxygens (including phenoxy) is 2. The molecule has 0 saturated carbocycles. The van der Waals surface area contributed by atoms with Crippen molar-refractivity contribution in [1.82, 2.24) is 5.32 Å². The molecule has 4 heteroatoms. The predicted molar refractivity (Wildman–Crippen MR) is 46.3 cm³/mol. The molecule has 0 bridgehead atoms. The lowest BCUT2D eigenvalue weighted by molar-refractivity contribution is -0.143. The van der Waals surface area contributed by atoms with Crippen LogP contribution in [0.15, 0.2) is 0 Å². The Bertz CT molecular complexity index is 207. The Balaban J connectivity index is 1.87. The number of nitrogens with one attached hydrogen (secondary N) is 1. The summed E-state index contributed by atoms with van der Waals surface area (Å²) in [6, 6.07) is 0.202. The topological polar surface area (TPSA) is 47.6 Å². The summed E-state index contributed by atoms with van der Waals surface area (Å²) in [5, 5.41) is 2.91. The fourth-order valence-electron chi connectivity index (χ4n) is 1.62. The van der Waals surface area contributed by atoms with Crippen LogP contribution in [0.1, 0.15) is 19.8 Å². The van der Waals surface area contributed by atoms with Gasteiger partial charge in [-0.2, -0.15) is 0 Å². The first-order chi connectivity index (χ1) is 6.21.